The summed E-state index contributed by atoms with van der Waals surface area (Å²) in [6, 6.07) is 20.6. The lowest BCUT2D eigenvalue weighted by Crippen LogP contribution is -2.54. The van der Waals surface area contributed by atoms with Crippen molar-refractivity contribution in [2.45, 2.75) is 50.2 Å². The van der Waals surface area contributed by atoms with E-state index in [2.05, 4.69) is 22.0 Å². The number of hydrogen-bond acceptors (Lipinski definition) is 5. The molecule has 1 N–H and O–H groups in total. The highest BCUT2D eigenvalue weighted by Gasteiger charge is 2.39. The summed E-state index contributed by atoms with van der Waals surface area (Å²) in [6.07, 6.45) is 6.40. The Morgan fingerprint density at radius 2 is 1.71 bits per heavy atom. The fourth-order valence-corrected chi connectivity index (χ4v) is 6.37. The number of rotatable bonds is 6. The lowest BCUT2D eigenvalue weighted by Gasteiger charge is -2.38. The summed E-state index contributed by atoms with van der Waals surface area (Å²) in [5.74, 6) is -0.0297. The molecule has 1 saturated carbocycles. The van der Waals surface area contributed by atoms with E-state index in [0.29, 0.717) is 25.4 Å². The van der Waals surface area contributed by atoms with Crippen LogP contribution in [-0.4, -0.2) is 76.2 Å². The van der Waals surface area contributed by atoms with Gasteiger partial charge in [-0.05, 0) is 24.8 Å². The summed E-state index contributed by atoms with van der Waals surface area (Å²) in [5.41, 5.74) is 3.52. The first-order chi connectivity index (χ1) is 18.7. The van der Waals surface area contributed by atoms with Gasteiger partial charge in [0.25, 0.3) is 5.91 Å². The first-order valence-corrected chi connectivity index (χ1v) is 13.8. The molecule has 3 aromatic rings. The zero-order valence-corrected chi connectivity index (χ0v) is 21.7. The quantitative estimate of drug-likeness (QED) is 0.536. The van der Waals surface area contributed by atoms with Crippen molar-refractivity contribution in [3.05, 3.63) is 78.2 Å². The SMILES string of the molecule is O=C(c1ncn([C@H]2CCCC[C@@H]2N2CCOC2=O)c1-c1ccccc1)N1CCNC[C@H]1Cc1ccccc1. The number of nitrogens with zero attached hydrogens (tertiary/aromatic N) is 4. The first kappa shape index (κ1) is 24.7. The highest BCUT2D eigenvalue weighted by molar-refractivity contribution is 5.98. The van der Waals surface area contributed by atoms with Gasteiger partial charge in [0.1, 0.15) is 6.61 Å². The molecule has 2 aromatic carbocycles. The number of aromatic nitrogens is 2. The van der Waals surface area contributed by atoms with Gasteiger partial charge in [-0.1, -0.05) is 73.5 Å². The Bertz CT molecular complexity index is 1260. The van der Waals surface area contributed by atoms with Gasteiger partial charge in [-0.3, -0.25) is 9.69 Å². The summed E-state index contributed by atoms with van der Waals surface area (Å²) in [7, 11) is 0. The molecule has 3 heterocycles. The number of nitrogens with one attached hydrogen (secondary N) is 1. The van der Waals surface area contributed by atoms with Gasteiger partial charge in [0.2, 0.25) is 0 Å². The summed E-state index contributed by atoms with van der Waals surface area (Å²) in [6.45, 7) is 3.21. The van der Waals surface area contributed by atoms with Gasteiger partial charge in [0.05, 0.1) is 30.6 Å². The molecule has 3 aliphatic rings. The number of carbonyl (C=O) groups excluding carboxylic acids is 2. The minimum absolute atomic E-state index is 0.0297. The lowest BCUT2D eigenvalue weighted by atomic mass is 9.88. The topological polar surface area (TPSA) is 79.7 Å². The van der Waals surface area contributed by atoms with Crippen molar-refractivity contribution >= 4 is 12.0 Å². The number of ether oxygens (including phenoxy) is 1. The predicted molar refractivity (Wildman–Crippen MR) is 145 cm³/mol. The molecule has 1 aliphatic carbocycles. The van der Waals surface area contributed by atoms with Gasteiger partial charge >= 0.3 is 6.09 Å². The van der Waals surface area contributed by atoms with Crippen molar-refractivity contribution in [2.75, 3.05) is 32.8 Å². The largest absolute Gasteiger partial charge is 0.448 e. The number of carbonyl (C=O) groups is 2. The van der Waals surface area contributed by atoms with Crippen molar-refractivity contribution in [2.24, 2.45) is 0 Å². The molecule has 3 atom stereocenters. The molecule has 2 aliphatic heterocycles. The van der Waals surface area contributed by atoms with E-state index in [1.807, 2.05) is 64.7 Å². The molecule has 2 saturated heterocycles. The van der Waals surface area contributed by atoms with Crippen LogP contribution in [0.3, 0.4) is 0 Å². The van der Waals surface area contributed by atoms with E-state index >= 15 is 0 Å². The van der Waals surface area contributed by atoms with Crippen molar-refractivity contribution < 1.29 is 14.3 Å². The molecule has 0 unspecified atom stereocenters. The third kappa shape index (κ3) is 4.80. The Morgan fingerprint density at radius 1 is 0.974 bits per heavy atom. The van der Waals surface area contributed by atoms with Crippen LogP contribution in [0.5, 0.6) is 0 Å². The van der Waals surface area contributed by atoms with E-state index in [0.717, 1.165) is 56.5 Å². The Labute approximate surface area is 223 Å². The van der Waals surface area contributed by atoms with Crippen molar-refractivity contribution in [3.8, 4) is 11.3 Å². The smallest absolute Gasteiger partial charge is 0.410 e. The fourth-order valence-electron chi connectivity index (χ4n) is 6.37. The normalized spacial score (nSPS) is 23.9. The molecule has 0 spiro atoms. The maximum absolute atomic E-state index is 14.2. The summed E-state index contributed by atoms with van der Waals surface area (Å²) >= 11 is 0. The van der Waals surface area contributed by atoms with Crippen LogP contribution in [0, 0.1) is 0 Å². The molecule has 0 radical (unpaired) electrons. The first-order valence-electron chi connectivity index (χ1n) is 13.8. The van der Waals surface area contributed by atoms with E-state index < -0.39 is 0 Å². The number of amides is 2. The average molecular weight is 514 g/mol. The predicted octanol–water partition coefficient (Wildman–Crippen LogP) is 4.14. The van der Waals surface area contributed by atoms with Crippen LogP contribution in [0.25, 0.3) is 11.3 Å². The lowest BCUT2D eigenvalue weighted by molar-refractivity contribution is 0.0631. The highest BCUT2D eigenvalue weighted by atomic mass is 16.6. The van der Waals surface area contributed by atoms with Gasteiger partial charge in [0.15, 0.2) is 5.69 Å². The van der Waals surface area contributed by atoms with E-state index in [-0.39, 0.29) is 30.1 Å². The summed E-state index contributed by atoms with van der Waals surface area (Å²) in [5, 5.41) is 3.47. The highest BCUT2D eigenvalue weighted by Crippen LogP contribution is 2.38. The second kappa shape index (κ2) is 11.0. The molecule has 3 fully saturated rings. The second-order valence-corrected chi connectivity index (χ2v) is 10.5. The van der Waals surface area contributed by atoms with Gasteiger partial charge in [-0.25, -0.2) is 9.78 Å². The van der Waals surface area contributed by atoms with E-state index in [1.54, 1.807) is 0 Å². The maximum Gasteiger partial charge on any atom is 0.410 e. The van der Waals surface area contributed by atoms with Crippen LogP contribution in [0.2, 0.25) is 0 Å². The van der Waals surface area contributed by atoms with Crippen LogP contribution in [0.4, 0.5) is 4.79 Å². The minimum atomic E-state index is -0.232. The molecule has 2 amide bonds. The molecular weight excluding hydrogens is 478 g/mol. The zero-order chi connectivity index (χ0) is 25.9. The van der Waals surface area contributed by atoms with E-state index in [1.165, 1.54) is 5.56 Å². The molecular formula is C30H35N5O3. The number of piperazine rings is 1. The third-order valence-corrected chi connectivity index (χ3v) is 8.21. The molecule has 8 nitrogen and oxygen atoms in total. The van der Waals surface area contributed by atoms with E-state index in [4.69, 9.17) is 9.72 Å². The molecule has 8 heteroatoms. The van der Waals surface area contributed by atoms with Gasteiger partial charge in [-0.15, -0.1) is 0 Å². The Kier molecular flexibility index (Phi) is 7.14. The van der Waals surface area contributed by atoms with Crippen LogP contribution in [-0.2, 0) is 11.2 Å². The van der Waals surface area contributed by atoms with Crippen molar-refractivity contribution in [1.82, 2.24) is 24.7 Å². The second-order valence-electron chi connectivity index (χ2n) is 10.5. The molecule has 1 aromatic heterocycles. The maximum atomic E-state index is 14.2. The molecule has 38 heavy (non-hydrogen) atoms. The van der Waals surface area contributed by atoms with Crippen LogP contribution in [0.1, 0.15) is 47.8 Å². The van der Waals surface area contributed by atoms with Crippen LogP contribution < -0.4 is 5.32 Å². The van der Waals surface area contributed by atoms with Crippen molar-refractivity contribution in [3.63, 3.8) is 0 Å². The zero-order valence-electron chi connectivity index (χ0n) is 21.7. The Morgan fingerprint density at radius 3 is 2.45 bits per heavy atom. The third-order valence-electron chi connectivity index (χ3n) is 8.21. The Hall–Kier alpha value is -3.65. The average Bonchev–Trinajstić information content (AvgIpc) is 3.60. The summed E-state index contributed by atoms with van der Waals surface area (Å²) < 4.78 is 7.47. The van der Waals surface area contributed by atoms with Gasteiger partial charge < -0.3 is 19.5 Å². The monoisotopic (exact) mass is 513 g/mol. The number of cyclic esters (lactones) is 1. The number of hydrogen-bond donors (Lipinski definition) is 1. The summed E-state index contributed by atoms with van der Waals surface area (Å²) in [4.78, 5) is 35.4. The van der Waals surface area contributed by atoms with Crippen LogP contribution in [0.15, 0.2) is 67.0 Å². The number of imidazole rings is 1. The molecule has 198 valence electrons. The van der Waals surface area contributed by atoms with Crippen molar-refractivity contribution in [1.29, 1.82) is 0 Å². The molecule has 0 bridgehead atoms. The minimum Gasteiger partial charge on any atom is -0.448 e. The standard InChI is InChI=1S/C30H35N5O3/c36-29(33-16-15-31-20-24(33)19-22-9-3-1-4-10-22)27-28(23-11-5-2-6-12-23)35(21-32-27)26-14-8-7-13-25(26)34-17-18-38-30(34)37/h1-6,9-12,21,24-26,31H,7-8,13-20H2/t24-,25+,26+/m1/s1. The fraction of sp³-hybridized carbons (Fsp3) is 0.433. The number of benzene rings is 2. The Balaban J connectivity index is 1.37. The molecule has 6 rings (SSSR count). The van der Waals surface area contributed by atoms with E-state index in [9.17, 15) is 9.59 Å². The van der Waals surface area contributed by atoms with Gasteiger partial charge in [0, 0.05) is 31.2 Å². The van der Waals surface area contributed by atoms with Gasteiger partial charge in [-0.2, -0.15) is 0 Å². The van der Waals surface area contributed by atoms with Crippen LogP contribution >= 0.6 is 0 Å².